The Balaban J connectivity index is 0.00000441. The molecular weight excluding hydrogens is 389 g/mol. The smallest absolute Gasteiger partial charge is 0.191 e. The SMILES string of the molecule is CCNC(=NCc1ccccc1C)NCCOCC(C)C.I. The van der Waals surface area contributed by atoms with Crippen LogP contribution in [0.15, 0.2) is 29.3 Å². The van der Waals surface area contributed by atoms with Gasteiger partial charge in [0.25, 0.3) is 0 Å². The lowest BCUT2D eigenvalue weighted by molar-refractivity contribution is 0.114. The van der Waals surface area contributed by atoms with E-state index in [1.807, 2.05) is 0 Å². The zero-order valence-electron chi connectivity index (χ0n) is 14.2. The second-order valence-corrected chi connectivity index (χ2v) is 5.52. The lowest BCUT2D eigenvalue weighted by Gasteiger charge is -2.12. The van der Waals surface area contributed by atoms with Gasteiger partial charge in [0.05, 0.1) is 13.2 Å². The van der Waals surface area contributed by atoms with E-state index in [0.717, 1.165) is 25.7 Å². The molecule has 0 unspecified atom stereocenters. The summed E-state index contributed by atoms with van der Waals surface area (Å²) in [6.07, 6.45) is 0. The van der Waals surface area contributed by atoms with Gasteiger partial charge in [-0.05, 0) is 30.9 Å². The van der Waals surface area contributed by atoms with Crippen LogP contribution in [0.3, 0.4) is 0 Å². The Bertz CT molecular complexity index is 436. The van der Waals surface area contributed by atoms with E-state index in [1.54, 1.807) is 0 Å². The van der Waals surface area contributed by atoms with Crippen LogP contribution in [-0.4, -0.2) is 32.3 Å². The summed E-state index contributed by atoms with van der Waals surface area (Å²) in [5.41, 5.74) is 2.53. The van der Waals surface area contributed by atoms with E-state index >= 15 is 0 Å². The highest BCUT2D eigenvalue weighted by atomic mass is 127. The van der Waals surface area contributed by atoms with Gasteiger partial charge in [-0.15, -0.1) is 24.0 Å². The van der Waals surface area contributed by atoms with Crippen molar-refractivity contribution < 1.29 is 4.74 Å². The summed E-state index contributed by atoms with van der Waals surface area (Å²) < 4.78 is 5.56. The molecule has 0 bridgehead atoms. The van der Waals surface area contributed by atoms with Crippen molar-refractivity contribution in [3.8, 4) is 0 Å². The van der Waals surface area contributed by atoms with E-state index in [9.17, 15) is 0 Å². The van der Waals surface area contributed by atoms with E-state index in [1.165, 1.54) is 11.1 Å². The molecule has 0 heterocycles. The number of aliphatic imine (C=N–C) groups is 1. The molecule has 0 aromatic heterocycles. The van der Waals surface area contributed by atoms with Crippen molar-refractivity contribution in [3.05, 3.63) is 35.4 Å². The zero-order valence-corrected chi connectivity index (χ0v) is 16.5. The summed E-state index contributed by atoms with van der Waals surface area (Å²) in [5, 5.41) is 6.55. The van der Waals surface area contributed by atoms with Crippen LogP contribution in [0.25, 0.3) is 0 Å². The summed E-state index contributed by atoms with van der Waals surface area (Å²) in [6, 6.07) is 8.34. The largest absolute Gasteiger partial charge is 0.379 e. The minimum atomic E-state index is 0. The Labute approximate surface area is 152 Å². The van der Waals surface area contributed by atoms with Crippen LogP contribution in [0.2, 0.25) is 0 Å². The number of hydrogen-bond acceptors (Lipinski definition) is 2. The first-order valence-electron chi connectivity index (χ1n) is 7.78. The summed E-state index contributed by atoms with van der Waals surface area (Å²) in [4.78, 5) is 4.62. The van der Waals surface area contributed by atoms with Gasteiger partial charge in [0.2, 0.25) is 0 Å². The first-order chi connectivity index (χ1) is 10.1. The fourth-order valence-electron chi connectivity index (χ4n) is 1.85. The Morgan fingerprint density at radius 3 is 2.59 bits per heavy atom. The number of benzene rings is 1. The predicted octanol–water partition coefficient (Wildman–Crippen LogP) is 3.34. The maximum absolute atomic E-state index is 5.56. The Morgan fingerprint density at radius 2 is 1.95 bits per heavy atom. The predicted molar refractivity (Wildman–Crippen MR) is 105 cm³/mol. The number of ether oxygens (including phenoxy) is 1. The Morgan fingerprint density at radius 1 is 1.23 bits per heavy atom. The van der Waals surface area contributed by atoms with Crippen molar-refractivity contribution in [2.45, 2.75) is 34.2 Å². The van der Waals surface area contributed by atoms with E-state index in [0.29, 0.717) is 19.1 Å². The average molecular weight is 419 g/mol. The van der Waals surface area contributed by atoms with Crippen molar-refractivity contribution in [2.24, 2.45) is 10.9 Å². The molecule has 0 spiro atoms. The molecule has 0 atom stereocenters. The topological polar surface area (TPSA) is 45.7 Å². The number of halogens is 1. The van der Waals surface area contributed by atoms with E-state index in [-0.39, 0.29) is 24.0 Å². The maximum atomic E-state index is 5.56. The van der Waals surface area contributed by atoms with Gasteiger partial charge in [0.1, 0.15) is 0 Å². The molecule has 1 aromatic rings. The second kappa shape index (κ2) is 12.7. The van der Waals surface area contributed by atoms with Crippen LogP contribution in [0.1, 0.15) is 31.9 Å². The molecule has 0 aliphatic heterocycles. The van der Waals surface area contributed by atoms with Crippen LogP contribution >= 0.6 is 24.0 Å². The molecule has 2 N–H and O–H groups in total. The van der Waals surface area contributed by atoms with Crippen molar-refractivity contribution >= 4 is 29.9 Å². The number of aryl methyl sites for hydroxylation is 1. The number of nitrogens with zero attached hydrogens (tertiary/aromatic N) is 1. The quantitative estimate of drug-likeness (QED) is 0.294. The van der Waals surface area contributed by atoms with E-state index in [4.69, 9.17) is 4.74 Å². The van der Waals surface area contributed by atoms with E-state index in [2.05, 4.69) is 67.6 Å². The maximum Gasteiger partial charge on any atom is 0.191 e. The van der Waals surface area contributed by atoms with Crippen molar-refractivity contribution in [2.75, 3.05) is 26.3 Å². The number of rotatable bonds is 8. The summed E-state index contributed by atoms with van der Waals surface area (Å²) in [7, 11) is 0. The third-order valence-electron chi connectivity index (χ3n) is 3.00. The molecule has 126 valence electrons. The molecule has 0 fully saturated rings. The zero-order chi connectivity index (χ0) is 15.5. The molecule has 0 radical (unpaired) electrons. The highest BCUT2D eigenvalue weighted by molar-refractivity contribution is 14.0. The van der Waals surface area contributed by atoms with Gasteiger partial charge in [-0.3, -0.25) is 0 Å². The molecule has 0 aliphatic carbocycles. The first kappa shape index (κ1) is 21.2. The van der Waals surface area contributed by atoms with Gasteiger partial charge in [0.15, 0.2) is 5.96 Å². The van der Waals surface area contributed by atoms with Crippen LogP contribution in [0.4, 0.5) is 0 Å². The normalized spacial score (nSPS) is 11.2. The van der Waals surface area contributed by atoms with Crippen molar-refractivity contribution in [1.82, 2.24) is 10.6 Å². The third-order valence-corrected chi connectivity index (χ3v) is 3.00. The lowest BCUT2D eigenvalue weighted by Crippen LogP contribution is -2.39. The van der Waals surface area contributed by atoms with Crippen LogP contribution in [0.5, 0.6) is 0 Å². The van der Waals surface area contributed by atoms with Crippen molar-refractivity contribution in [3.63, 3.8) is 0 Å². The fourth-order valence-corrected chi connectivity index (χ4v) is 1.85. The second-order valence-electron chi connectivity index (χ2n) is 5.52. The van der Waals surface area contributed by atoms with Gasteiger partial charge in [-0.25, -0.2) is 4.99 Å². The molecule has 0 aliphatic rings. The number of nitrogens with one attached hydrogen (secondary N) is 2. The summed E-state index contributed by atoms with van der Waals surface area (Å²) >= 11 is 0. The highest BCUT2D eigenvalue weighted by Crippen LogP contribution is 2.07. The van der Waals surface area contributed by atoms with Gasteiger partial charge in [-0.1, -0.05) is 38.1 Å². The molecule has 5 heteroatoms. The van der Waals surface area contributed by atoms with Crippen LogP contribution in [0, 0.1) is 12.8 Å². The Kier molecular flexibility index (Phi) is 12.2. The van der Waals surface area contributed by atoms with Crippen molar-refractivity contribution in [1.29, 1.82) is 0 Å². The Hall–Kier alpha value is -0.820. The molecule has 0 amide bonds. The van der Waals surface area contributed by atoms with Gasteiger partial charge < -0.3 is 15.4 Å². The number of guanidine groups is 1. The summed E-state index contributed by atoms with van der Waals surface area (Å²) in [5.74, 6) is 1.42. The van der Waals surface area contributed by atoms with Gasteiger partial charge >= 0.3 is 0 Å². The summed E-state index contributed by atoms with van der Waals surface area (Å²) in [6.45, 7) is 12.3. The van der Waals surface area contributed by atoms with Gasteiger partial charge in [-0.2, -0.15) is 0 Å². The van der Waals surface area contributed by atoms with Crippen LogP contribution in [-0.2, 0) is 11.3 Å². The molecule has 22 heavy (non-hydrogen) atoms. The average Bonchev–Trinajstić information content (AvgIpc) is 2.45. The molecular formula is C17H30IN3O. The van der Waals surface area contributed by atoms with Gasteiger partial charge in [0, 0.05) is 19.7 Å². The molecule has 1 aromatic carbocycles. The molecule has 0 saturated carbocycles. The number of hydrogen-bond donors (Lipinski definition) is 2. The lowest BCUT2D eigenvalue weighted by atomic mass is 10.1. The molecule has 4 nitrogen and oxygen atoms in total. The minimum Gasteiger partial charge on any atom is -0.379 e. The molecule has 0 saturated heterocycles. The third kappa shape index (κ3) is 9.25. The van der Waals surface area contributed by atoms with Crippen LogP contribution < -0.4 is 10.6 Å². The monoisotopic (exact) mass is 419 g/mol. The first-order valence-corrected chi connectivity index (χ1v) is 7.78. The highest BCUT2D eigenvalue weighted by Gasteiger charge is 1.99. The standard InChI is InChI=1S/C17H29N3O.HI/c1-5-18-17(19-10-11-21-13-14(2)3)20-12-16-9-7-6-8-15(16)4;/h6-9,14H,5,10-13H2,1-4H3,(H2,18,19,20);1H. The fraction of sp³-hybridized carbons (Fsp3) is 0.588. The molecule has 1 rings (SSSR count). The van der Waals surface area contributed by atoms with E-state index < -0.39 is 0 Å². The minimum absolute atomic E-state index is 0.